The van der Waals surface area contributed by atoms with Crippen LogP contribution in [0.4, 0.5) is 0 Å². The number of benzene rings is 1. The number of amides is 1. The number of rotatable bonds is 7. The molecule has 1 rings (SSSR count). The standard InChI is InChI=1S/C15H23BrN2O/c1-12(8-9-17)6-7-15(19)18(2)11-13-4-3-5-14(16)10-13/h3-5,10,12H,6-9,11,17H2,1-2H3. The normalized spacial score (nSPS) is 12.2. The van der Waals surface area contributed by atoms with Crippen molar-refractivity contribution in [2.45, 2.75) is 32.7 Å². The van der Waals surface area contributed by atoms with Gasteiger partial charge in [0.25, 0.3) is 0 Å². The molecular weight excluding hydrogens is 304 g/mol. The molecule has 1 atom stereocenters. The number of hydrogen-bond donors (Lipinski definition) is 1. The van der Waals surface area contributed by atoms with Gasteiger partial charge in [-0.2, -0.15) is 0 Å². The van der Waals surface area contributed by atoms with Crippen molar-refractivity contribution in [3.8, 4) is 0 Å². The molecule has 19 heavy (non-hydrogen) atoms. The van der Waals surface area contributed by atoms with Crippen LogP contribution in [0.2, 0.25) is 0 Å². The second-order valence-electron chi connectivity index (χ2n) is 5.10. The molecule has 3 nitrogen and oxygen atoms in total. The Hall–Kier alpha value is -0.870. The lowest BCUT2D eigenvalue weighted by molar-refractivity contribution is -0.130. The lowest BCUT2D eigenvalue weighted by Gasteiger charge is -2.18. The highest BCUT2D eigenvalue weighted by Gasteiger charge is 2.11. The SMILES string of the molecule is CC(CCN)CCC(=O)N(C)Cc1cccc(Br)c1. The number of halogens is 1. The summed E-state index contributed by atoms with van der Waals surface area (Å²) in [6.07, 6.45) is 2.51. The topological polar surface area (TPSA) is 46.3 Å². The van der Waals surface area contributed by atoms with Crippen molar-refractivity contribution in [3.63, 3.8) is 0 Å². The number of nitrogens with zero attached hydrogens (tertiary/aromatic N) is 1. The molecular formula is C15H23BrN2O. The highest BCUT2D eigenvalue weighted by Crippen LogP contribution is 2.14. The van der Waals surface area contributed by atoms with Crippen LogP contribution < -0.4 is 5.73 Å². The number of hydrogen-bond acceptors (Lipinski definition) is 2. The average Bonchev–Trinajstić information content (AvgIpc) is 2.36. The summed E-state index contributed by atoms with van der Waals surface area (Å²) < 4.78 is 1.04. The fraction of sp³-hybridized carbons (Fsp3) is 0.533. The Bertz CT molecular complexity index is 409. The minimum Gasteiger partial charge on any atom is -0.341 e. The van der Waals surface area contributed by atoms with E-state index in [-0.39, 0.29) is 5.91 Å². The highest BCUT2D eigenvalue weighted by molar-refractivity contribution is 9.10. The van der Waals surface area contributed by atoms with E-state index in [9.17, 15) is 4.79 Å². The molecule has 0 aliphatic rings. The summed E-state index contributed by atoms with van der Waals surface area (Å²) in [5.74, 6) is 0.720. The van der Waals surface area contributed by atoms with E-state index in [1.54, 1.807) is 4.90 Å². The maximum Gasteiger partial charge on any atom is 0.222 e. The van der Waals surface area contributed by atoms with Crippen molar-refractivity contribution >= 4 is 21.8 Å². The van der Waals surface area contributed by atoms with Gasteiger partial charge in [0, 0.05) is 24.5 Å². The predicted molar refractivity (Wildman–Crippen MR) is 82.7 cm³/mol. The Morgan fingerprint density at radius 2 is 2.16 bits per heavy atom. The molecule has 0 heterocycles. The van der Waals surface area contributed by atoms with Crippen LogP contribution in [0.1, 0.15) is 31.7 Å². The zero-order valence-corrected chi connectivity index (χ0v) is 13.3. The van der Waals surface area contributed by atoms with Crippen LogP contribution >= 0.6 is 15.9 Å². The van der Waals surface area contributed by atoms with E-state index in [0.29, 0.717) is 25.4 Å². The molecule has 0 bridgehead atoms. The van der Waals surface area contributed by atoms with Crippen LogP contribution in [-0.2, 0) is 11.3 Å². The molecule has 0 fully saturated rings. The first-order valence-corrected chi connectivity index (χ1v) is 7.50. The third-order valence-electron chi connectivity index (χ3n) is 3.24. The second-order valence-corrected chi connectivity index (χ2v) is 6.02. The first-order chi connectivity index (χ1) is 9.02. The number of carbonyl (C=O) groups excluding carboxylic acids is 1. The number of carbonyl (C=O) groups is 1. The quantitative estimate of drug-likeness (QED) is 0.836. The Labute approximate surface area is 124 Å². The van der Waals surface area contributed by atoms with E-state index in [4.69, 9.17) is 5.73 Å². The van der Waals surface area contributed by atoms with Crippen LogP contribution in [0.15, 0.2) is 28.7 Å². The van der Waals surface area contributed by atoms with Gasteiger partial charge in [0.05, 0.1) is 0 Å². The molecule has 0 aliphatic heterocycles. The molecule has 1 amide bonds. The summed E-state index contributed by atoms with van der Waals surface area (Å²) in [6, 6.07) is 8.05. The van der Waals surface area contributed by atoms with Gasteiger partial charge in [0.2, 0.25) is 5.91 Å². The van der Waals surface area contributed by atoms with Crippen LogP contribution in [0, 0.1) is 5.92 Å². The third-order valence-corrected chi connectivity index (χ3v) is 3.74. The fourth-order valence-corrected chi connectivity index (χ4v) is 2.43. The van der Waals surface area contributed by atoms with Crippen molar-refractivity contribution < 1.29 is 4.79 Å². The Balaban J connectivity index is 2.40. The molecule has 0 saturated heterocycles. The molecule has 106 valence electrons. The molecule has 0 aliphatic carbocycles. The summed E-state index contributed by atoms with van der Waals surface area (Å²) in [5, 5.41) is 0. The van der Waals surface area contributed by atoms with E-state index in [1.807, 2.05) is 31.3 Å². The highest BCUT2D eigenvalue weighted by atomic mass is 79.9. The predicted octanol–water partition coefficient (Wildman–Crippen LogP) is 3.17. The zero-order chi connectivity index (χ0) is 14.3. The van der Waals surface area contributed by atoms with Gasteiger partial charge in [-0.1, -0.05) is 35.0 Å². The zero-order valence-electron chi connectivity index (χ0n) is 11.7. The van der Waals surface area contributed by atoms with Gasteiger partial charge >= 0.3 is 0 Å². The van der Waals surface area contributed by atoms with Gasteiger partial charge in [0.1, 0.15) is 0 Å². The van der Waals surface area contributed by atoms with Crippen molar-refractivity contribution in [2.75, 3.05) is 13.6 Å². The van der Waals surface area contributed by atoms with Crippen molar-refractivity contribution in [1.29, 1.82) is 0 Å². The van der Waals surface area contributed by atoms with Gasteiger partial charge < -0.3 is 10.6 Å². The summed E-state index contributed by atoms with van der Waals surface area (Å²) >= 11 is 3.44. The van der Waals surface area contributed by atoms with E-state index in [1.165, 1.54) is 0 Å². The largest absolute Gasteiger partial charge is 0.341 e. The molecule has 1 aromatic carbocycles. The maximum atomic E-state index is 12.0. The second kappa shape index (κ2) is 8.33. The maximum absolute atomic E-state index is 12.0. The van der Waals surface area contributed by atoms with Crippen LogP contribution in [-0.4, -0.2) is 24.4 Å². The van der Waals surface area contributed by atoms with Crippen LogP contribution in [0.5, 0.6) is 0 Å². The summed E-state index contributed by atoms with van der Waals surface area (Å²) in [4.78, 5) is 13.8. The van der Waals surface area contributed by atoms with Crippen LogP contribution in [0.25, 0.3) is 0 Å². The van der Waals surface area contributed by atoms with E-state index >= 15 is 0 Å². The van der Waals surface area contributed by atoms with Gasteiger partial charge in [-0.3, -0.25) is 4.79 Å². The first-order valence-electron chi connectivity index (χ1n) is 6.71. The first kappa shape index (κ1) is 16.2. The Morgan fingerprint density at radius 1 is 1.42 bits per heavy atom. The van der Waals surface area contributed by atoms with E-state index < -0.39 is 0 Å². The monoisotopic (exact) mass is 326 g/mol. The lowest BCUT2D eigenvalue weighted by Crippen LogP contribution is -2.26. The summed E-state index contributed by atoms with van der Waals surface area (Å²) in [7, 11) is 1.86. The fourth-order valence-electron chi connectivity index (χ4n) is 1.99. The minimum atomic E-state index is 0.198. The molecule has 0 aromatic heterocycles. The van der Waals surface area contributed by atoms with Gasteiger partial charge in [-0.15, -0.1) is 0 Å². The van der Waals surface area contributed by atoms with Crippen molar-refractivity contribution in [2.24, 2.45) is 11.7 Å². The minimum absolute atomic E-state index is 0.198. The molecule has 1 aromatic rings. The lowest BCUT2D eigenvalue weighted by atomic mass is 10.0. The van der Waals surface area contributed by atoms with Gasteiger partial charge in [0.15, 0.2) is 0 Å². The molecule has 4 heteroatoms. The third kappa shape index (κ3) is 6.21. The Kier molecular flexibility index (Phi) is 7.10. The van der Waals surface area contributed by atoms with E-state index in [0.717, 1.165) is 22.9 Å². The molecule has 0 saturated carbocycles. The molecule has 0 radical (unpaired) electrons. The molecule has 0 spiro atoms. The number of nitrogens with two attached hydrogens (primary N) is 1. The summed E-state index contributed by atoms with van der Waals surface area (Å²) in [6.45, 7) is 3.50. The van der Waals surface area contributed by atoms with Crippen molar-refractivity contribution in [1.82, 2.24) is 4.90 Å². The van der Waals surface area contributed by atoms with Gasteiger partial charge in [-0.25, -0.2) is 0 Å². The van der Waals surface area contributed by atoms with Crippen molar-refractivity contribution in [3.05, 3.63) is 34.3 Å². The molecule has 2 N–H and O–H groups in total. The smallest absolute Gasteiger partial charge is 0.222 e. The average molecular weight is 327 g/mol. The van der Waals surface area contributed by atoms with Crippen LogP contribution in [0.3, 0.4) is 0 Å². The Morgan fingerprint density at radius 3 is 2.79 bits per heavy atom. The molecule has 1 unspecified atom stereocenters. The van der Waals surface area contributed by atoms with Gasteiger partial charge in [-0.05, 0) is 43.0 Å². The van der Waals surface area contributed by atoms with E-state index in [2.05, 4.69) is 22.9 Å². The summed E-state index contributed by atoms with van der Waals surface area (Å²) in [5.41, 5.74) is 6.65.